The van der Waals surface area contributed by atoms with Crippen LogP contribution >= 0.6 is 0 Å². The Balaban J connectivity index is 1.97. The first-order valence-corrected chi connectivity index (χ1v) is 9.70. The predicted octanol–water partition coefficient (Wildman–Crippen LogP) is 2.27. The van der Waals surface area contributed by atoms with Crippen molar-refractivity contribution in [2.75, 3.05) is 28.4 Å². The van der Waals surface area contributed by atoms with Crippen LogP contribution in [0, 0.1) is 0 Å². The van der Waals surface area contributed by atoms with E-state index in [1.807, 2.05) is 18.2 Å². The number of amides is 1. The van der Waals surface area contributed by atoms with Gasteiger partial charge in [0.1, 0.15) is 17.8 Å². The van der Waals surface area contributed by atoms with Crippen LogP contribution in [0.4, 0.5) is 0 Å². The highest BCUT2D eigenvalue weighted by Gasteiger charge is 2.54. The standard InChI is InChI=1S/C22H27NO6/c1-12(24)23-18-7-6-13-10-17(26-3)20(27-4)21(28-5)19(13)14-11-16-15(25-2)8-9-22(14,18)29-16/h8-11,15-16,18H,6-7H2,1-5H3,(H,23,24)/t15-,16+,18+,22-/m1/s1. The number of methoxy groups -OCH3 is 4. The second kappa shape index (κ2) is 7.39. The van der Waals surface area contributed by atoms with Gasteiger partial charge in [0.15, 0.2) is 11.5 Å². The summed E-state index contributed by atoms with van der Waals surface area (Å²) >= 11 is 0. The van der Waals surface area contributed by atoms with Crippen molar-refractivity contribution in [1.29, 1.82) is 0 Å². The molecule has 7 nitrogen and oxygen atoms in total. The van der Waals surface area contributed by atoms with Gasteiger partial charge in [-0.2, -0.15) is 0 Å². The maximum atomic E-state index is 12.0. The summed E-state index contributed by atoms with van der Waals surface area (Å²) in [6.45, 7) is 1.53. The molecule has 2 heterocycles. The van der Waals surface area contributed by atoms with Crippen molar-refractivity contribution in [2.45, 2.75) is 43.6 Å². The van der Waals surface area contributed by atoms with Gasteiger partial charge in [0.25, 0.3) is 0 Å². The largest absolute Gasteiger partial charge is 0.493 e. The Bertz CT molecular complexity index is 892. The minimum Gasteiger partial charge on any atom is -0.493 e. The summed E-state index contributed by atoms with van der Waals surface area (Å²) < 4.78 is 29.1. The summed E-state index contributed by atoms with van der Waals surface area (Å²) in [5.74, 6) is 1.67. The lowest BCUT2D eigenvalue weighted by Gasteiger charge is -2.40. The first-order valence-electron chi connectivity index (χ1n) is 9.70. The number of carbonyl (C=O) groups is 1. The van der Waals surface area contributed by atoms with Gasteiger partial charge in [0, 0.05) is 19.6 Å². The Kier molecular flexibility index (Phi) is 5.04. The van der Waals surface area contributed by atoms with Crippen LogP contribution in [0.25, 0.3) is 5.57 Å². The first kappa shape index (κ1) is 19.8. The molecule has 0 saturated carbocycles. The van der Waals surface area contributed by atoms with Crippen LogP contribution in [0.5, 0.6) is 17.2 Å². The zero-order valence-electron chi connectivity index (χ0n) is 17.4. The van der Waals surface area contributed by atoms with Crippen molar-refractivity contribution in [3.05, 3.63) is 35.4 Å². The third-order valence-electron chi connectivity index (χ3n) is 5.99. The second-order valence-electron chi connectivity index (χ2n) is 7.49. The van der Waals surface area contributed by atoms with Crippen LogP contribution in [0.1, 0.15) is 24.5 Å². The Morgan fingerprint density at radius 1 is 1.17 bits per heavy atom. The summed E-state index contributed by atoms with van der Waals surface area (Å²) in [6.07, 6.45) is 7.12. The summed E-state index contributed by atoms with van der Waals surface area (Å²) in [7, 11) is 6.49. The molecule has 156 valence electrons. The lowest BCUT2D eigenvalue weighted by atomic mass is 9.82. The quantitative estimate of drug-likeness (QED) is 0.763. The van der Waals surface area contributed by atoms with E-state index < -0.39 is 5.60 Å². The third-order valence-corrected chi connectivity index (χ3v) is 5.99. The molecule has 4 atom stereocenters. The summed E-state index contributed by atoms with van der Waals surface area (Å²) in [5.41, 5.74) is 2.17. The van der Waals surface area contributed by atoms with Crippen LogP contribution in [0.15, 0.2) is 24.3 Å². The smallest absolute Gasteiger partial charge is 0.217 e. The normalized spacial score (nSPS) is 29.3. The van der Waals surface area contributed by atoms with Crippen molar-refractivity contribution in [2.24, 2.45) is 0 Å². The van der Waals surface area contributed by atoms with Crippen LogP contribution in [-0.2, 0) is 20.7 Å². The van der Waals surface area contributed by atoms with E-state index in [4.69, 9.17) is 23.7 Å². The molecular formula is C22H27NO6. The Hall–Kier alpha value is -2.51. The highest BCUT2D eigenvalue weighted by molar-refractivity contribution is 5.87. The molecule has 1 aromatic rings. The van der Waals surface area contributed by atoms with E-state index >= 15 is 0 Å². The number of rotatable bonds is 5. The Labute approximate surface area is 170 Å². The maximum Gasteiger partial charge on any atom is 0.217 e. The van der Waals surface area contributed by atoms with Crippen molar-refractivity contribution < 1.29 is 28.5 Å². The van der Waals surface area contributed by atoms with Crippen molar-refractivity contribution in [1.82, 2.24) is 5.32 Å². The Morgan fingerprint density at radius 2 is 1.93 bits per heavy atom. The van der Waals surface area contributed by atoms with Gasteiger partial charge in [-0.25, -0.2) is 0 Å². The fourth-order valence-corrected chi connectivity index (χ4v) is 4.77. The zero-order chi connectivity index (χ0) is 20.8. The van der Waals surface area contributed by atoms with Crippen molar-refractivity contribution >= 4 is 11.5 Å². The molecule has 2 aliphatic heterocycles. The fraction of sp³-hybridized carbons (Fsp3) is 0.500. The number of hydrogen-bond acceptors (Lipinski definition) is 6. The van der Waals surface area contributed by atoms with Crippen LogP contribution in [0.2, 0.25) is 0 Å². The van der Waals surface area contributed by atoms with Crippen LogP contribution in [-0.4, -0.2) is 58.2 Å². The molecule has 0 radical (unpaired) electrons. The first-order chi connectivity index (χ1) is 14.0. The van der Waals surface area contributed by atoms with Crippen molar-refractivity contribution in [3.8, 4) is 17.2 Å². The molecule has 29 heavy (non-hydrogen) atoms. The van der Waals surface area contributed by atoms with Gasteiger partial charge in [-0.05, 0) is 42.2 Å². The van der Waals surface area contributed by atoms with E-state index in [1.165, 1.54) is 6.92 Å². The zero-order valence-corrected chi connectivity index (χ0v) is 17.4. The van der Waals surface area contributed by atoms with Gasteiger partial charge in [0.05, 0.1) is 27.4 Å². The molecule has 0 fully saturated rings. The van der Waals surface area contributed by atoms with Crippen molar-refractivity contribution in [3.63, 3.8) is 0 Å². The highest BCUT2D eigenvalue weighted by Crippen LogP contribution is 2.55. The number of aryl methyl sites for hydroxylation is 1. The molecule has 1 spiro atoms. The number of hydrogen-bond donors (Lipinski definition) is 1. The molecule has 1 aromatic carbocycles. The second-order valence-corrected chi connectivity index (χ2v) is 7.49. The monoisotopic (exact) mass is 401 g/mol. The van der Waals surface area contributed by atoms with E-state index in [9.17, 15) is 4.79 Å². The number of nitrogens with one attached hydrogen (secondary N) is 1. The van der Waals surface area contributed by atoms with Gasteiger partial charge in [-0.3, -0.25) is 4.79 Å². The van der Waals surface area contributed by atoms with E-state index in [0.29, 0.717) is 23.7 Å². The molecule has 3 aliphatic rings. The SMILES string of the molecule is COc1cc2c(c(OC)c1OC)C1=C[C@@H]3O[C@@]1(C=C[C@H]3OC)[C@@H](NC(C)=O)CC2. The average Bonchev–Trinajstić information content (AvgIpc) is 2.97. The van der Waals surface area contributed by atoms with Crippen LogP contribution in [0.3, 0.4) is 0 Å². The van der Waals surface area contributed by atoms with E-state index in [2.05, 4.69) is 11.4 Å². The predicted molar refractivity (Wildman–Crippen MR) is 108 cm³/mol. The molecule has 1 amide bonds. The summed E-state index contributed by atoms with van der Waals surface area (Å²) in [6, 6.07) is 1.76. The van der Waals surface area contributed by atoms with E-state index in [1.54, 1.807) is 28.4 Å². The molecular weight excluding hydrogens is 374 g/mol. The third kappa shape index (κ3) is 2.91. The lowest BCUT2D eigenvalue weighted by Crippen LogP contribution is -2.54. The molecule has 0 saturated heterocycles. The number of carbonyl (C=O) groups excluding carboxylic acids is 1. The van der Waals surface area contributed by atoms with Gasteiger partial charge in [-0.15, -0.1) is 0 Å². The topological polar surface area (TPSA) is 75.2 Å². The summed E-state index contributed by atoms with van der Waals surface area (Å²) in [5, 5.41) is 3.10. The minimum absolute atomic E-state index is 0.0916. The molecule has 1 N–H and O–H groups in total. The molecule has 1 aliphatic carbocycles. The fourth-order valence-electron chi connectivity index (χ4n) is 4.77. The Morgan fingerprint density at radius 3 is 2.55 bits per heavy atom. The summed E-state index contributed by atoms with van der Waals surface area (Å²) in [4.78, 5) is 12.0. The lowest BCUT2D eigenvalue weighted by molar-refractivity contribution is -0.123. The molecule has 0 unspecified atom stereocenters. The number of fused-ring (bicyclic) bond motifs is 3. The molecule has 7 heteroatoms. The van der Waals surface area contributed by atoms with Gasteiger partial charge < -0.3 is 29.0 Å². The van der Waals surface area contributed by atoms with Gasteiger partial charge in [-0.1, -0.05) is 6.08 Å². The molecule has 0 aromatic heterocycles. The highest BCUT2D eigenvalue weighted by atomic mass is 16.6. The van der Waals surface area contributed by atoms with Gasteiger partial charge in [0.2, 0.25) is 11.7 Å². The van der Waals surface area contributed by atoms with Gasteiger partial charge >= 0.3 is 0 Å². The van der Waals surface area contributed by atoms with E-state index in [0.717, 1.165) is 23.1 Å². The average molecular weight is 401 g/mol. The number of benzene rings is 1. The molecule has 2 bridgehead atoms. The van der Waals surface area contributed by atoms with E-state index in [-0.39, 0.29) is 24.2 Å². The van der Waals surface area contributed by atoms with Crippen LogP contribution < -0.4 is 19.5 Å². The number of ether oxygens (including phenoxy) is 5. The molecule has 4 rings (SSSR count). The maximum absolute atomic E-state index is 12.0. The minimum atomic E-state index is -0.788.